The summed E-state index contributed by atoms with van der Waals surface area (Å²) in [4.78, 5) is 23.1. The normalized spacial score (nSPS) is 10.5. The summed E-state index contributed by atoms with van der Waals surface area (Å²) in [6, 6.07) is 25.0. The Hall–Kier alpha value is -4.46. The van der Waals surface area contributed by atoms with Crippen LogP contribution in [0, 0.1) is 10.1 Å². The van der Waals surface area contributed by atoms with Gasteiger partial charge >= 0.3 is 0 Å². The molecule has 0 fully saturated rings. The molecule has 0 saturated heterocycles. The van der Waals surface area contributed by atoms with E-state index in [-0.39, 0.29) is 18.0 Å². The number of amides is 1. The molecule has 0 aliphatic carbocycles. The molecule has 0 spiro atoms. The quantitative estimate of drug-likeness (QED) is 0.350. The van der Waals surface area contributed by atoms with Gasteiger partial charge in [0, 0.05) is 29.5 Å². The van der Waals surface area contributed by atoms with Crippen LogP contribution >= 0.6 is 0 Å². The van der Waals surface area contributed by atoms with Crippen LogP contribution in [-0.4, -0.2) is 20.6 Å². The number of non-ortho nitro benzene ring substituents is 1. The van der Waals surface area contributed by atoms with Crippen molar-refractivity contribution in [1.29, 1.82) is 0 Å². The molecule has 8 heteroatoms. The van der Waals surface area contributed by atoms with Gasteiger partial charge in [0.25, 0.3) is 5.69 Å². The first kappa shape index (κ1) is 19.8. The second-order valence-corrected chi connectivity index (χ2v) is 6.80. The van der Waals surface area contributed by atoms with Crippen LogP contribution in [0.3, 0.4) is 0 Å². The lowest BCUT2D eigenvalue weighted by atomic mass is 10.1. The lowest BCUT2D eigenvalue weighted by Crippen LogP contribution is -2.30. The molecule has 31 heavy (non-hydrogen) atoms. The van der Waals surface area contributed by atoms with Crippen LogP contribution in [0.15, 0.2) is 91.1 Å². The number of hydrogen-bond donors (Lipinski definition) is 2. The van der Waals surface area contributed by atoms with E-state index in [1.807, 2.05) is 60.7 Å². The maximum absolute atomic E-state index is 12.6. The Morgan fingerprint density at radius 2 is 1.58 bits per heavy atom. The van der Waals surface area contributed by atoms with Gasteiger partial charge < -0.3 is 0 Å². The van der Waals surface area contributed by atoms with Crippen LogP contribution in [0.25, 0.3) is 16.9 Å². The van der Waals surface area contributed by atoms with Gasteiger partial charge in [-0.1, -0.05) is 36.4 Å². The van der Waals surface area contributed by atoms with Gasteiger partial charge in [0.15, 0.2) is 0 Å². The second kappa shape index (κ2) is 8.91. The van der Waals surface area contributed by atoms with Crippen molar-refractivity contribution in [3.8, 4) is 16.9 Å². The van der Waals surface area contributed by atoms with E-state index in [1.165, 1.54) is 12.1 Å². The first-order valence-electron chi connectivity index (χ1n) is 9.59. The third-order valence-corrected chi connectivity index (χ3v) is 4.63. The SMILES string of the molecule is O=C(Cc1cn(-c2ccccc2)nc1-c1ccc([N+](=O)[O-])cc1)NNc1ccccc1. The second-order valence-electron chi connectivity index (χ2n) is 6.80. The van der Waals surface area contributed by atoms with Crippen LogP contribution < -0.4 is 10.9 Å². The van der Waals surface area contributed by atoms with Crippen molar-refractivity contribution in [2.45, 2.75) is 6.42 Å². The number of rotatable bonds is 7. The van der Waals surface area contributed by atoms with Gasteiger partial charge in [-0.15, -0.1) is 0 Å². The number of nitrogens with zero attached hydrogens (tertiary/aromatic N) is 3. The summed E-state index contributed by atoms with van der Waals surface area (Å²) in [5.41, 5.74) is 9.16. The summed E-state index contributed by atoms with van der Waals surface area (Å²) in [7, 11) is 0. The molecule has 8 nitrogen and oxygen atoms in total. The molecule has 2 N–H and O–H groups in total. The third kappa shape index (κ3) is 4.76. The van der Waals surface area contributed by atoms with Gasteiger partial charge in [0.05, 0.1) is 28.4 Å². The molecular formula is C23H19N5O3. The number of benzene rings is 3. The van der Waals surface area contributed by atoms with E-state index in [2.05, 4.69) is 16.0 Å². The highest BCUT2D eigenvalue weighted by Gasteiger charge is 2.16. The van der Waals surface area contributed by atoms with Gasteiger partial charge in [-0.3, -0.25) is 25.8 Å². The molecule has 1 heterocycles. The standard InChI is InChI=1S/C23H19N5O3/c29-22(25-24-19-7-3-1-4-8-19)15-18-16-27(20-9-5-2-6-10-20)26-23(18)17-11-13-21(14-12-17)28(30)31/h1-14,16,24H,15H2,(H,25,29). The molecule has 0 saturated carbocycles. The number of carbonyl (C=O) groups excluding carboxylic acids is 1. The number of nitro groups is 1. The van der Waals surface area contributed by atoms with Crippen molar-refractivity contribution in [1.82, 2.24) is 15.2 Å². The van der Waals surface area contributed by atoms with Gasteiger partial charge in [-0.25, -0.2) is 4.68 Å². The summed E-state index contributed by atoms with van der Waals surface area (Å²) < 4.78 is 1.70. The van der Waals surface area contributed by atoms with Crippen molar-refractivity contribution < 1.29 is 9.72 Å². The van der Waals surface area contributed by atoms with E-state index >= 15 is 0 Å². The molecule has 1 amide bonds. The Kier molecular flexibility index (Phi) is 5.70. The molecule has 1 aromatic heterocycles. The molecular weight excluding hydrogens is 394 g/mol. The summed E-state index contributed by atoms with van der Waals surface area (Å²) >= 11 is 0. The number of hydrogen-bond acceptors (Lipinski definition) is 5. The van der Waals surface area contributed by atoms with Crippen molar-refractivity contribution >= 4 is 17.3 Å². The molecule has 154 valence electrons. The van der Waals surface area contributed by atoms with Crippen LogP contribution in [-0.2, 0) is 11.2 Å². The molecule has 0 radical (unpaired) electrons. The van der Waals surface area contributed by atoms with E-state index in [0.29, 0.717) is 16.8 Å². The summed E-state index contributed by atoms with van der Waals surface area (Å²) in [6.45, 7) is 0. The third-order valence-electron chi connectivity index (χ3n) is 4.63. The molecule has 0 unspecified atom stereocenters. The fraction of sp³-hybridized carbons (Fsp3) is 0.0435. The van der Waals surface area contributed by atoms with Crippen LogP contribution in [0.5, 0.6) is 0 Å². The number of hydrazine groups is 1. The minimum atomic E-state index is -0.448. The highest BCUT2D eigenvalue weighted by molar-refractivity contribution is 5.82. The van der Waals surface area contributed by atoms with Gasteiger partial charge in [0.1, 0.15) is 0 Å². The van der Waals surface area contributed by atoms with Crippen LogP contribution in [0.4, 0.5) is 11.4 Å². The Labute approximate surface area is 178 Å². The number of aromatic nitrogens is 2. The predicted molar refractivity (Wildman–Crippen MR) is 118 cm³/mol. The first-order chi connectivity index (χ1) is 15.1. The minimum Gasteiger partial charge on any atom is -0.299 e. The fourth-order valence-corrected chi connectivity index (χ4v) is 3.12. The number of para-hydroxylation sites is 2. The first-order valence-corrected chi connectivity index (χ1v) is 9.59. The Morgan fingerprint density at radius 1 is 0.935 bits per heavy atom. The highest BCUT2D eigenvalue weighted by atomic mass is 16.6. The highest BCUT2D eigenvalue weighted by Crippen LogP contribution is 2.26. The predicted octanol–water partition coefficient (Wildman–Crippen LogP) is 4.13. The molecule has 0 atom stereocenters. The number of anilines is 1. The number of nitro benzene ring substituents is 1. The number of nitrogens with one attached hydrogen (secondary N) is 2. The maximum Gasteiger partial charge on any atom is 0.269 e. The summed E-state index contributed by atoms with van der Waals surface area (Å²) in [6.07, 6.45) is 1.88. The monoisotopic (exact) mass is 413 g/mol. The Bertz CT molecular complexity index is 1190. The summed E-state index contributed by atoms with van der Waals surface area (Å²) in [5, 5.41) is 15.6. The van der Waals surface area contributed by atoms with E-state index < -0.39 is 4.92 Å². The Balaban J connectivity index is 1.61. The lowest BCUT2D eigenvalue weighted by Gasteiger charge is -2.08. The molecule has 4 aromatic rings. The van der Waals surface area contributed by atoms with Crippen molar-refractivity contribution in [3.63, 3.8) is 0 Å². The molecule has 0 aliphatic rings. The van der Waals surface area contributed by atoms with Crippen LogP contribution in [0.2, 0.25) is 0 Å². The topological polar surface area (TPSA) is 102 Å². The zero-order valence-electron chi connectivity index (χ0n) is 16.4. The van der Waals surface area contributed by atoms with Gasteiger partial charge in [0.2, 0.25) is 5.91 Å². The fourth-order valence-electron chi connectivity index (χ4n) is 3.12. The van der Waals surface area contributed by atoms with Crippen molar-refractivity contribution in [3.05, 3.63) is 107 Å². The Morgan fingerprint density at radius 3 is 2.23 bits per heavy atom. The molecule has 0 aliphatic heterocycles. The van der Waals surface area contributed by atoms with Crippen molar-refractivity contribution in [2.24, 2.45) is 0 Å². The number of carbonyl (C=O) groups is 1. The minimum absolute atomic E-state index is 0.00223. The smallest absolute Gasteiger partial charge is 0.269 e. The molecule has 3 aromatic carbocycles. The van der Waals surface area contributed by atoms with Crippen molar-refractivity contribution in [2.75, 3.05) is 5.43 Å². The molecule has 0 bridgehead atoms. The summed E-state index contributed by atoms with van der Waals surface area (Å²) in [5.74, 6) is -0.236. The van der Waals surface area contributed by atoms with E-state index in [9.17, 15) is 14.9 Å². The maximum atomic E-state index is 12.6. The average Bonchev–Trinajstić information content (AvgIpc) is 3.22. The lowest BCUT2D eigenvalue weighted by molar-refractivity contribution is -0.384. The van der Waals surface area contributed by atoms with E-state index in [1.54, 1.807) is 23.0 Å². The zero-order chi connectivity index (χ0) is 21.6. The largest absolute Gasteiger partial charge is 0.299 e. The average molecular weight is 413 g/mol. The van der Waals surface area contributed by atoms with E-state index in [0.717, 1.165) is 11.4 Å². The van der Waals surface area contributed by atoms with Gasteiger partial charge in [-0.2, -0.15) is 5.10 Å². The zero-order valence-corrected chi connectivity index (χ0v) is 16.4. The van der Waals surface area contributed by atoms with Gasteiger partial charge in [-0.05, 0) is 36.4 Å². The molecule has 4 rings (SSSR count). The van der Waals surface area contributed by atoms with Crippen LogP contribution in [0.1, 0.15) is 5.56 Å². The van der Waals surface area contributed by atoms with E-state index in [4.69, 9.17) is 0 Å².